The molecule has 0 aliphatic carbocycles. The molecule has 0 aromatic carbocycles. The smallest absolute Gasteiger partial charge is 0.127 e. The molecule has 0 fully saturated rings. The third kappa shape index (κ3) is 3.52. The number of methoxy groups -OCH3 is 1. The Bertz CT molecular complexity index is 371. The van der Waals surface area contributed by atoms with Gasteiger partial charge in [-0.15, -0.1) is 0 Å². The van der Waals surface area contributed by atoms with Crippen molar-refractivity contribution in [3.8, 4) is 6.07 Å². The Morgan fingerprint density at radius 2 is 2.31 bits per heavy atom. The van der Waals surface area contributed by atoms with Crippen molar-refractivity contribution in [3.63, 3.8) is 0 Å². The van der Waals surface area contributed by atoms with Crippen LogP contribution in [0.1, 0.15) is 19.4 Å². The molecule has 1 aromatic heterocycles. The molecule has 1 heterocycles. The molecule has 1 aromatic rings. The molecule has 4 nitrogen and oxygen atoms in total. The molecule has 0 saturated carbocycles. The van der Waals surface area contributed by atoms with Crippen LogP contribution in [0.5, 0.6) is 0 Å². The number of nitriles is 1. The van der Waals surface area contributed by atoms with E-state index < -0.39 is 0 Å². The summed E-state index contributed by atoms with van der Waals surface area (Å²) in [7, 11) is 1.68. The van der Waals surface area contributed by atoms with Crippen LogP contribution in [0.25, 0.3) is 0 Å². The summed E-state index contributed by atoms with van der Waals surface area (Å²) in [6.45, 7) is 4.85. The van der Waals surface area contributed by atoms with E-state index in [1.54, 1.807) is 25.4 Å². The highest BCUT2D eigenvalue weighted by atomic mass is 16.5. The topological polar surface area (TPSA) is 57.9 Å². The molecule has 0 saturated heterocycles. The van der Waals surface area contributed by atoms with Crippen LogP contribution in [-0.2, 0) is 4.74 Å². The van der Waals surface area contributed by atoms with Crippen LogP contribution in [-0.4, -0.2) is 24.7 Å². The van der Waals surface area contributed by atoms with Crippen LogP contribution in [0.4, 0.5) is 5.82 Å². The Morgan fingerprint density at radius 3 is 2.88 bits per heavy atom. The van der Waals surface area contributed by atoms with Crippen molar-refractivity contribution in [2.45, 2.75) is 19.9 Å². The average molecular weight is 219 g/mol. The Kier molecular flexibility index (Phi) is 4.74. The fourth-order valence-corrected chi connectivity index (χ4v) is 1.35. The van der Waals surface area contributed by atoms with Crippen LogP contribution in [0.15, 0.2) is 18.3 Å². The molecule has 0 aliphatic heterocycles. The molecule has 1 N–H and O–H groups in total. The standard InChI is InChI=1S/C12H17N3O/c1-9(2)11(8-16-3)15-12-6-10(7-13)4-5-14-12/h4-6,9,11H,8H2,1-3H3,(H,14,15). The van der Waals surface area contributed by atoms with Gasteiger partial charge in [0.15, 0.2) is 0 Å². The van der Waals surface area contributed by atoms with Crippen LogP contribution in [0.3, 0.4) is 0 Å². The van der Waals surface area contributed by atoms with E-state index in [0.717, 1.165) is 5.82 Å². The fourth-order valence-electron chi connectivity index (χ4n) is 1.35. The SMILES string of the molecule is COCC(Nc1cc(C#N)ccn1)C(C)C. The number of aromatic nitrogens is 1. The summed E-state index contributed by atoms with van der Waals surface area (Å²) in [5.41, 5.74) is 0.609. The Balaban J connectivity index is 2.73. The molecule has 86 valence electrons. The van der Waals surface area contributed by atoms with Gasteiger partial charge in [0.05, 0.1) is 24.3 Å². The number of hydrogen-bond donors (Lipinski definition) is 1. The molecule has 4 heteroatoms. The second-order valence-electron chi connectivity index (χ2n) is 3.99. The van der Waals surface area contributed by atoms with Crippen molar-refractivity contribution >= 4 is 5.82 Å². The molecule has 0 radical (unpaired) electrons. The quantitative estimate of drug-likeness (QED) is 0.823. The minimum Gasteiger partial charge on any atom is -0.383 e. The van der Waals surface area contributed by atoms with Gasteiger partial charge in [-0.05, 0) is 18.1 Å². The van der Waals surface area contributed by atoms with Crippen molar-refractivity contribution in [1.82, 2.24) is 4.98 Å². The van der Waals surface area contributed by atoms with Gasteiger partial charge >= 0.3 is 0 Å². The van der Waals surface area contributed by atoms with Gasteiger partial charge in [0.25, 0.3) is 0 Å². The van der Waals surface area contributed by atoms with Crippen LogP contribution >= 0.6 is 0 Å². The Morgan fingerprint density at radius 1 is 1.56 bits per heavy atom. The highest BCUT2D eigenvalue weighted by Crippen LogP contribution is 2.11. The first-order chi connectivity index (χ1) is 7.67. The number of nitrogens with one attached hydrogen (secondary N) is 1. The second kappa shape index (κ2) is 6.09. The van der Waals surface area contributed by atoms with E-state index in [2.05, 4.69) is 30.2 Å². The highest BCUT2D eigenvalue weighted by molar-refractivity contribution is 5.43. The minimum absolute atomic E-state index is 0.200. The van der Waals surface area contributed by atoms with Gasteiger partial charge in [-0.2, -0.15) is 5.26 Å². The summed E-state index contributed by atoms with van der Waals surface area (Å²) < 4.78 is 5.14. The van der Waals surface area contributed by atoms with E-state index in [0.29, 0.717) is 18.1 Å². The molecule has 0 amide bonds. The van der Waals surface area contributed by atoms with Gasteiger partial charge < -0.3 is 10.1 Å². The summed E-state index contributed by atoms with van der Waals surface area (Å²) in [5.74, 6) is 1.15. The van der Waals surface area contributed by atoms with Crippen LogP contribution in [0, 0.1) is 17.2 Å². The molecule has 16 heavy (non-hydrogen) atoms. The third-order valence-corrected chi connectivity index (χ3v) is 2.37. The zero-order valence-corrected chi connectivity index (χ0v) is 9.90. The maximum atomic E-state index is 8.78. The minimum atomic E-state index is 0.200. The molecule has 1 rings (SSSR count). The van der Waals surface area contributed by atoms with E-state index in [1.165, 1.54) is 0 Å². The Labute approximate surface area is 96.3 Å². The van der Waals surface area contributed by atoms with Crippen LogP contribution < -0.4 is 5.32 Å². The predicted molar refractivity (Wildman–Crippen MR) is 63.1 cm³/mol. The van der Waals surface area contributed by atoms with Crippen molar-refractivity contribution in [1.29, 1.82) is 5.26 Å². The van der Waals surface area contributed by atoms with E-state index in [4.69, 9.17) is 10.00 Å². The lowest BCUT2D eigenvalue weighted by atomic mass is 10.1. The first-order valence-electron chi connectivity index (χ1n) is 5.29. The lowest BCUT2D eigenvalue weighted by molar-refractivity contribution is 0.171. The summed E-state index contributed by atoms with van der Waals surface area (Å²) in [4.78, 5) is 4.17. The van der Waals surface area contributed by atoms with Crippen molar-refractivity contribution in [2.24, 2.45) is 5.92 Å². The summed E-state index contributed by atoms with van der Waals surface area (Å²) >= 11 is 0. The predicted octanol–water partition coefficient (Wildman–Crippen LogP) is 2.04. The second-order valence-corrected chi connectivity index (χ2v) is 3.99. The molecular formula is C12H17N3O. The number of nitrogens with zero attached hydrogens (tertiary/aromatic N) is 2. The van der Waals surface area contributed by atoms with Crippen molar-refractivity contribution < 1.29 is 4.74 Å². The van der Waals surface area contributed by atoms with Gasteiger partial charge in [0.1, 0.15) is 5.82 Å². The molecule has 0 bridgehead atoms. The average Bonchev–Trinajstić information content (AvgIpc) is 2.28. The molecule has 0 aliphatic rings. The van der Waals surface area contributed by atoms with Crippen LogP contribution in [0.2, 0.25) is 0 Å². The Hall–Kier alpha value is -1.60. The van der Waals surface area contributed by atoms with E-state index in [-0.39, 0.29) is 6.04 Å². The number of anilines is 1. The third-order valence-electron chi connectivity index (χ3n) is 2.37. The summed E-state index contributed by atoms with van der Waals surface area (Å²) in [6, 6.07) is 5.72. The van der Waals surface area contributed by atoms with Crippen molar-refractivity contribution in [3.05, 3.63) is 23.9 Å². The van der Waals surface area contributed by atoms with E-state index in [9.17, 15) is 0 Å². The number of hydrogen-bond acceptors (Lipinski definition) is 4. The zero-order valence-electron chi connectivity index (χ0n) is 9.90. The zero-order chi connectivity index (χ0) is 12.0. The normalized spacial score (nSPS) is 12.2. The van der Waals surface area contributed by atoms with Gasteiger partial charge in [0, 0.05) is 13.3 Å². The molecule has 1 atom stereocenters. The number of ether oxygens (including phenoxy) is 1. The lowest BCUT2D eigenvalue weighted by Crippen LogP contribution is -2.30. The number of rotatable bonds is 5. The largest absolute Gasteiger partial charge is 0.383 e. The summed E-state index contributed by atoms with van der Waals surface area (Å²) in [5, 5.41) is 12.0. The van der Waals surface area contributed by atoms with Gasteiger partial charge in [0.2, 0.25) is 0 Å². The van der Waals surface area contributed by atoms with Crippen molar-refractivity contribution in [2.75, 3.05) is 19.0 Å². The molecule has 0 spiro atoms. The fraction of sp³-hybridized carbons (Fsp3) is 0.500. The maximum Gasteiger partial charge on any atom is 0.127 e. The summed E-state index contributed by atoms with van der Waals surface area (Å²) in [6.07, 6.45) is 1.63. The highest BCUT2D eigenvalue weighted by Gasteiger charge is 2.13. The van der Waals surface area contributed by atoms with Gasteiger partial charge in [-0.1, -0.05) is 13.8 Å². The van der Waals surface area contributed by atoms with Gasteiger partial charge in [-0.3, -0.25) is 0 Å². The van der Waals surface area contributed by atoms with E-state index >= 15 is 0 Å². The first kappa shape index (κ1) is 12.5. The van der Waals surface area contributed by atoms with Gasteiger partial charge in [-0.25, -0.2) is 4.98 Å². The maximum absolute atomic E-state index is 8.78. The molecule has 1 unspecified atom stereocenters. The monoisotopic (exact) mass is 219 g/mol. The lowest BCUT2D eigenvalue weighted by Gasteiger charge is -2.22. The molecular weight excluding hydrogens is 202 g/mol. The van der Waals surface area contributed by atoms with E-state index in [1.807, 2.05) is 0 Å². The first-order valence-corrected chi connectivity index (χ1v) is 5.29. The number of pyridine rings is 1.